The molecule has 0 aromatic rings. The molecule has 0 spiro atoms. The Morgan fingerprint density at radius 2 is 2.33 bits per heavy atom. The van der Waals surface area contributed by atoms with Crippen LogP contribution in [0.4, 0.5) is 0 Å². The molecule has 0 amide bonds. The Morgan fingerprint density at radius 1 is 1.58 bits per heavy atom. The van der Waals surface area contributed by atoms with Crippen LogP contribution < -0.4 is 5.32 Å². The van der Waals surface area contributed by atoms with Gasteiger partial charge in [-0.2, -0.15) is 0 Å². The van der Waals surface area contributed by atoms with Crippen LogP contribution in [-0.2, 0) is 19.3 Å². The summed E-state index contributed by atoms with van der Waals surface area (Å²) in [4.78, 5) is 0. The largest absolute Gasteiger partial charge is 0.441 e. The van der Waals surface area contributed by atoms with Crippen LogP contribution in [0.1, 0.15) is 19.3 Å². The van der Waals surface area contributed by atoms with Crippen molar-refractivity contribution >= 4 is 10.9 Å². The Kier molecular flexibility index (Phi) is 3.97. The van der Waals surface area contributed by atoms with Crippen LogP contribution in [0.5, 0.6) is 0 Å². The summed E-state index contributed by atoms with van der Waals surface area (Å²) < 4.78 is 19.5. The first-order valence-corrected chi connectivity index (χ1v) is 5.15. The van der Waals surface area contributed by atoms with Gasteiger partial charge in [-0.25, -0.2) is 0 Å². The number of hydrogen-bond acceptors (Lipinski definition) is 5. The summed E-state index contributed by atoms with van der Waals surface area (Å²) in [6.45, 7) is 0. The van der Waals surface area contributed by atoms with Crippen LogP contribution in [0.15, 0.2) is 4.36 Å². The maximum atomic E-state index is 10.9. The lowest BCUT2D eigenvalue weighted by Gasteiger charge is -2.17. The zero-order valence-corrected chi connectivity index (χ0v) is 8.26. The summed E-state index contributed by atoms with van der Waals surface area (Å²) in [6.07, 6.45) is 3.28. The Hall–Kier alpha value is -0.130. The van der Waals surface area contributed by atoms with E-state index in [1.165, 1.54) is 7.11 Å². The molecule has 1 aliphatic rings. The van der Waals surface area contributed by atoms with Gasteiger partial charge >= 0.3 is 0 Å². The average Bonchev–Trinajstić information content (AvgIpc) is 2.51. The van der Waals surface area contributed by atoms with Crippen molar-refractivity contribution in [3.63, 3.8) is 0 Å². The number of nitrogens with zero attached hydrogens (tertiary/aromatic N) is 1. The lowest BCUT2D eigenvalue weighted by molar-refractivity contribution is 0.429. The van der Waals surface area contributed by atoms with E-state index in [0.717, 1.165) is 19.3 Å². The van der Waals surface area contributed by atoms with Gasteiger partial charge in [0.2, 0.25) is 0 Å². The van der Waals surface area contributed by atoms with E-state index in [9.17, 15) is 4.21 Å². The predicted molar refractivity (Wildman–Crippen MR) is 48.0 cm³/mol. The molecular weight excluding hydrogens is 176 g/mol. The number of nitrogens with one attached hydrogen (secondary N) is 1. The van der Waals surface area contributed by atoms with Gasteiger partial charge in [0.15, 0.2) is 0 Å². The molecule has 0 aromatic heterocycles. The molecule has 0 heterocycles. The van der Waals surface area contributed by atoms with Gasteiger partial charge in [0.25, 0.3) is 0 Å². The monoisotopic (exact) mass is 191 g/mol. The zero-order chi connectivity index (χ0) is 8.97. The Balaban J connectivity index is 2.56. The molecule has 0 saturated heterocycles. The van der Waals surface area contributed by atoms with Crippen molar-refractivity contribution in [3.05, 3.63) is 0 Å². The van der Waals surface area contributed by atoms with E-state index < -0.39 is 10.9 Å². The first kappa shape index (κ1) is 9.95. The average molecular weight is 191 g/mol. The molecule has 72 valence electrons. The molecule has 0 bridgehead atoms. The van der Waals surface area contributed by atoms with Gasteiger partial charge in [-0.05, 0) is 26.3 Å². The van der Waals surface area contributed by atoms with E-state index in [1.807, 2.05) is 7.05 Å². The second-order valence-electron chi connectivity index (χ2n) is 2.88. The van der Waals surface area contributed by atoms with Gasteiger partial charge < -0.3 is 18.1 Å². The highest BCUT2D eigenvalue weighted by Crippen LogP contribution is 2.21. The third kappa shape index (κ3) is 2.43. The maximum Gasteiger partial charge on any atom is 0.0411 e. The molecule has 1 rings (SSSR count). The summed E-state index contributed by atoms with van der Waals surface area (Å²) >= 11 is 0. The van der Waals surface area contributed by atoms with Crippen molar-refractivity contribution in [3.8, 4) is 0 Å². The molecule has 0 radical (unpaired) electrons. The number of rotatable bonds is 3. The van der Waals surface area contributed by atoms with Gasteiger partial charge in [-0.1, -0.05) is 10.9 Å². The number of likely N-dealkylation sites (N-methyl/N-ethyl adjacent to an activating group) is 1. The molecule has 1 saturated carbocycles. The molecule has 0 aromatic carbocycles. The molecule has 2 unspecified atom stereocenters. The fourth-order valence-corrected chi connectivity index (χ4v) is 2.12. The van der Waals surface area contributed by atoms with E-state index in [1.54, 1.807) is 0 Å². The summed E-state index contributed by atoms with van der Waals surface area (Å²) in [6, 6.07) is 0.542. The Bertz CT molecular complexity index is 213. The van der Waals surface area contributed by atoms with Crippen LogP contribution in [0.25, 0.3) is 0 Å². The van der Waals surface area contributed by atoms with Crippen molar-refractivity contribution in [2.24, 2.45) is 4.36 Å². The number of hydrogen-bond donors (Lipinski definition) is 1. The first-order chi connectivity index (χ1) is 5.77. The van der Waals surface area contributed by atoms with Crippen molar-refractivity contribution < 1.29 is 8.39 Å². The molecular formula is C7H15N2O2S-. The van der Waals surface area contributed by atoms with Crippen molar-refractivity contribution in [2.75, 3.05) is 14.2 Å². The standard InChI is InChI=1S/C7H15N2O2S/c1-8-6-4-3-5-7(6)9-12(10)11-2/h6-8H,3-5H2,1-2H3/q-1. The second-order valence-corrected chi connectivity index (χ2v) is 3.86. The van der Waals surface area contributed by atoms with Gasteiger partial charge in [-0.15, -0.1) is 0 Å². The van der Waals surface area contributed by atoms with E-state index in [4.69, 9.17) is 0 Å². The van der Waals surface area contributed by atoms with Crippen LogP contribution in [0.2, 0.25) is 0 Å². The molecule has 1 fully saturated rings. The highest BCUT2D eigenvalue weighted by Gasteiger charge is 2.22. The lowest BCUT2D eigenvalue weighted by Crippen LogP contribution is -2.31. The fourth-order valence-electron chi connectivity index (χ4n) is 1.56. The normalized spacial score (nSPS) is 32.5. The van der Waals surface area contributed by atoms with Gasteiger partial charge in [0.1, 0.15) is 0 Å². The van der Waals surface area contributed by atoms with Crippen molar-refractivity contribution in [1.29, 1.82) is 0 Å². The third-order valence-corrected chi connectivity index (χ3v) is 2.94. The van der Waals surface area contributed by atoms with E-state index in [2.05, 4.69) is 13.9 Å². The van der Waals surface area contributed by atoms with Crippen LogP contribution in [0, 0.1) is 0 Å². The molecule has 5 heteroatoms. The molecule has 4 nitrogen and oxygen atoms in total. The zero-order valence-electron chi connectivity index (χ0n) is 7.45. The molecule has 1 N–H and O–H groups in total. The highest BCUT2D eigenvalue weighted by molar-refractivity contribution is 7.69. The van der Waals surface area contributed by atoms with Crippen molar-refractivity contribution in [2.45, 2.75) is 31.3 Å². The lowest BCUT2D eigenvalue weighted by atomic mass is 10.2. The summed E-state index contributed by atoms with van der Waals surface area (Å²) in [7, 11) is 1.86. The van der Waals surface area contributed by atoms with Crippen LogP contribution in [-0.4, -0.2) is 26.2 Å². The second kappa shape index (κ2) is 4.79. The van der Waals surface area contributed by atoms with Crippen LogP contribution in [0.3, 0.4) is 0 Å². The van der Waals surface area contributed by atoms with E-state index in [0.29, 0.717) is 6.04 Å². The minimum atomic E-state index is -1.45. The summed E-state index contributed by atoms with van der Waals surface area (Å²) in [5, 5.41) is 3.16. The quantitative estimate of drug-likeness (QED) is 0.672. The first-order valence-electron chi connectivity index (χ1n) is 4.12. The molecule has 12 heavy (non-hydrogen) atoms. The topological polar surface area (TPSA) is 50.7 Å². The van der Waals surface area contributed by atoms with Crippen LogP contribution >= 0.6 is 0 Å². The Morgan fingerprint density at radius 3 is 2.92 bits per heavy atom. The van der Waals surface area contributed by atoms with Crippen molar-refractivity contribution in [1.82, 2.24) is 5.32 Å². The van der Waals surface area contributed by atoms with Gasteiger partial charge in [0, 0.05) is 19.2 Å². The maximum absolute atomic E-state index is 10.9. The highest BCUT2D eigenvalue weighted by atomic mass is 32.2. The smallest absolute Gasteiger partial charge is 0.0411 e. The van der Waals surface area contributed by atoms with E-state index >= 15 is 0 Å². The summed E-state index contributed by atoms with van der Waals surface area (Å²) in [5.74, 6) is 0. The summed E-state index contributed by atoms with van der Waals surface area (Å²) in [5.41, 5.74) is 0. The third-order valence-electron chi connectivity index (χ3n) is 2.21. The fraction of sp³-hybridized carbons (Fsp3) is 1.00. The van der Waals surface area contributed by atoms with Gasteiger partial charge in [-0.3, -0.25) is 0 Å². The molecule has 0 aliphatic heterocycles. The predicted octanol–water partition coefficient (Wildman–Crippen LogP) is 0.836. The minimum absolute atomic E-state index is 0.163. The SMILES string of the molecule is CNC1CCCC1N=[S-](=O)OC. The Labute approximate surface area is 75.1 Å². The molecule has 2 atom stereocenters. The molecule has 1 aliphatic carbocycles. The van der Waals surface area contributed by atoms with E-state index in [-0.39, 0.29) is 6.04 Å². The van der Waals surface area contributed by atoms with Gasteiger partial charge in [0.05, 0.1) is 0 Å². The minimum Gasteiger partial charge on any atom is -0.441 e.